The van der Waals surface area contributed by atoms with E-state index in [1.807, 2.05) is 0 Å². The van der Waals surface area contributed by atoms with Gasteiger partial charge in [0.15, 0.2) is 0 Å². The van der Waals surface area contributed by atoms with E-state index >= 15 is 0 Å². The van der Waals surface area contributed by atoms with Crippen molar-refractivity contribution in [2.45, 2.75) is 44.4 Å². The molecule has 0 spiro atoms. The Morgan fingerprint density at radius 2 is 2.04 bits per heavy atom. The summed E-state index contributed by atoms with van der Waals surface area (Å²) in [7, 11) is 0. The topological polar surface area (TPSA) is 64.6 Å². The van der Waals surface area contributed by atoms with Crippen LogP contribution in [0.15, 0.2) is 24.3 Å². The van der Waals surface area contributed by atoms with Gasteiger partial charge in [0.05, 0.1) is 12.5 Å². The molecule has 1 aromatic rings. The summed E-state index contributed by atoms with van der Waals surface area (Å²) in [6.07, 6.45) is -5.43. The molecule has 1 saturated heterocycles. The summed E-state index contributed by atoms with van der Waals surface area (Å²) in [6, 6.07) is 5.33. The third kappa shape index (κ3) is 3.95. The van der Waals surface area contributed by atoms with Crippen LogP contribution in [0.5, 0.6) is 0 Å². The Balaban J connectivity index is 2.48. The summed E-state index contributed by atoms with van der Waals surface area (Å²) in [5, 5.41) is 2.40. The number of hydrogen-bond acceptors (Lipinski definition) is 4. The molecular formula is C17H20F3NO4. The van der Waals surface area contributed by atoms with Gasteiger partial charge in [0.25, 0.3) is 6.43 Å². The predicted molar refractivity (Wildman–Crippen MR) is 82.7 cm³/mol. The van der Waals surface area contributed by atoms with Gasteiger partial charge in [-0.25, -0.2) is 18.0 Å². The number of alkyl halides is 2. The van der Waals surface area contributed by atoms with E-state index in [4.69, 9.17) is 9.47 Å². The lowest BCUT2D eigenvalue weighted by Crippen LogP contribution is -2.54. The largest absolute Gasteiger partial charge is 0.444 e. The predicted octanol–water partition coefficient (Wildman–Crippen LogP) is 3.02. The summed E-state index contributed by atoms with van der Waals surface area (Å²) in [5.74, 6) is -2.22. The fraction of sp³-hybridized carbons (Fsp3) is 0.529. The number of halogens is 3. The van der Waals surface area contributed by atoms with E-state index in [2.05, 4.69) is 5.32 Å². The second kappa shape index (κ2) is 7.03. The van der Waals surface area contributed by atoms with E-state index in [1.165, 1.54) is 18.2 Å². The smallest absolute Gasteiger partial charge is 0.408 e. The number of rotatable bonds is 4. The Labute approximate surface area is 143 Å². The van der Waals surface area contributed by atoms with Crippen molar-refractivity contribution in [2.75, 3.05) is 6.61 Å². The molecule has 3 atom stereocenters. The first-order valence-corrected chi connectivity index (χ1v) is 7.72. The Morgan fingerprint density at radius 1 is 1.40 bits per heavy atom. The molecule has 0 bridgehead atoms. The van der Waals surface area contributed by atoms with Crippen LogP contribution in [-0.2, 0) is 19.8 Å². The Bertz CT molecular complexity index is 647. The average Bonchev–Trinajstić information content (AvgIpc) is 2.84. The van der Waals surface area contributed by atoms with Crippen LogP contribution in [0.3, 0.4) is 0 Å². The SMILES string of the molecule is CC(C)(C)OC(=O)N[C@@]1(c2ccccc2F)COC(C(F)F)[C@H]1C=O. The van der Waals surface area contributed by atoms with Gasteiger partial charge in [-0.1, -0.05) is 18.2 Å². The second-order valence-corrected chi connectivity index (χ2v) is 6.85. The first-order chi connectivity index (χ1) is 11.6. The number of hydrogen-bond donors (Lipinski definition) is 1. The molecule has 138 valence electrons. The molecule has 1 aromatic carbocycles. The molecule has 1 unspecified atom stereocenters. The van der Waals surface area contributed by atoms with Gasteiger partial charge in [0, 0.05) is 5.56 Å². The van der Waals surface area contributed by atoms with E-state index in [9.17, 15) is 22.8 Å². The van der Waals surface area contributed by atoms with Gasteiger partial charge in [-0.15, -0.1) is 0 Å². The van der Waals surface area contributed by atoms with E-state index in [1.54, 1.807) is 20.8 Å². The van der Waals surface area contributed by atoms with Crippen LogP contribution in [0.25, 0.3) is 0 Å². The van der Waals surface area contributed by atoms with Crippen LogP contribution < -0.4 is 5.32 Å². The second-order valence-electron chi connectivity index (χ2n) is 6.85. The van der Waals surface area contributed by atoms with Crippen molar-refractivity contribution >= 4 is 12.4 Å². The maximum Gasteiger partial charge on any atom is 0.408 e. The molecule has 1 fully saturated rings. The van der Waals surface area contributed by atoms with Crippen molar-refractivity contribution in [2.24, 2.45) is 5.92 Å². The van der Waals surface area contributed by atoms with Gasteiger partial charge in [-0.3, -0.25) is 0 Å². The molecule has 0 aromatic heterocycles. The maximum atomic E-state index is 14.4. The van der Waals surface area contributed by atoms with Crippen molar-refractivity contribution in [1.82, 2.24) is 5.32 Å². The molecule has 5 nitrogen and oxygen atoms in total. The molecule has 0 saturated carbocycles. The Morgan fingerprint density at radius 3 is 2.56 bits per heavy atom. The number of aldehydes is 1. The first kappa shape index (κ1) is 19.2. The highest BCUT2D eigenvalue weighted by molar-refractivity contribution is 5.72. The van der Waals surface area contributed by atoms with Crippen LogP contribution in [0.2, 0.25) is 0 Å². The van der Waals surface area contributed by atoms with Crippen molar-refractivity contribution in [3.63, 3.8) is 0 Å². The Hall–Kier alpha value is -2.09. The van der Waals surface area contributed by atoms with Gasteiger partial charge >= 0.3 is 6.09 Å². The number of benzene rings is 1. The standard InChI is InChI=1S/C17H20F3NO4/c1-16(2,3)25-15(23)21-17(10-6-4-5-7-12(10)18)9-24-13(14(19)20)11(17)8-22/h4-8,11,13-14H,9H2,1-3H3,(H,21,23)/t11-,13?,17-/m1/s1. The molecule has 0 radical (unpaired) electrons. The molecule has 1 heterocycles. The molecule has 25 heavy (non-hydrogen) atoms. The lowest BCUT2D eigenvalue weighted by atomic mass is 9.78. The van der Waals surface area contributed by atoms with Gasteiger partial charge in [-0.05, 0) is 26.8 Å². The summed E-state index contributed by atoms with van der Waals surface area (Å²) >= 11 is 0. The van der Waals surface area contributed by atoms with Crippen molar-refractivity contribution in [3.8, 4) is 0 Å². The quantitative estimate of drug-likeness (QED) is 0.840. The van der Waals surface area contributed by atoms with Crippen LogP contribution in [0, 0.1) is 11.7 Å². The fourth-order valence-electron chi connectivity index (χ4n) is 2.88. The summed E-state index contributed by atoms with van der Waals surface area (Å²) in [4.78, 5) is 23.8. The molecular weight excluding hydrogens is 339 g/mol. The zero-order chi connectivity index (χ0) is 18.8. The minimum absolute atomic E-state index is 0.110. The number of carbonyl (C=O) groups excluding carboxylic acids is 2. The van der Waals surface area contributed by atoms with Gasteiger partial charge in [-0.2, -0.15) is 0 Å². The van der Waals surface area contributed by atoms with Crippen LogP contribution >= 0.6 is 0 Å². The third-order valence-electron chi connectivity index (χ3n) is 3.90. The summed E-state index contributed by atoms with van der Waals surface area (Å²) < 4.78 is 51.0. The lowest BCUT2D eigenvalue weighted by molar-refractivity contribution is -0.117. The average molecular weight is 359 g/mol. The molecule has 1 aliphatic rings. The molecule has 1 N–H and O–H groups in total. The van der Waals surface area contributed by atoms with Crippen molar-refractivity contribution in [1.29, 1.82) is 0 Å². The van der Waals surface area contributed by atoms with E-state index in [-0.39, 0.29) is 11.8 Å². The van der Waals surface area contributed by atoms with Crippen molar-refractivity contribution in [3.05, 3.63) is 35.6 Å². The zero-order valence-corrected chi connectivity index (χ0v) is 14.1. The molecule has 8 heteroatoms. The van der Waals surface area contributed by atoms with Crippen LogP contribution in [0.4, 0.5) is 18.0 Å². The van der Waals surface area contributed by atoms with E-state index < -0.39 is 48.1 Å². The number of alkyl carbamates (subject to hydrolysis) is 1. The normalized spacial score (nSPS) is 26.5. The molecule has 0 aliphatic carbocycles. The third-order valence-corrected chi connectivity index (χ3v) is 3.90. The Kier molecular flexibility index (Phi) is 5.41. The summed E-state index contributed by atoms with van der Waals surface area (Å²) in [6.45, 7) is 4.37. The number of amides is 1. The minimum atomic E-state index is -2.97. The molecule has 2 rings (SSSR count). The minimum Gasteiger partial charge on any atom is -0.444 e. The monoisotopic (exact) mass is 359 g/mol. The maximum absolute atomic E-state index is 14.4. The highest BCUT2D eigenvalue weighted by atomic mass is 19.3. The van der Waals surface area contributed by atoms with Gasteiger partial charge < -0.3 is 19.6 Å². The highest BCUT2D eigenvalue weighted by Crippen LogP contribution is 2.41. The zero-order valence-electron chi connectivity index (χ0n) is 14.1. The van der Waals surface area contributed by atoms with Crippen LogP contribution in [0.1, 0.15) is 26.3 Å². The van der Waals surface area contributed by atoms with E-state index in [0.717, 1.165) is 6.07 Å². The van der Waals surface area contributed by atoms with Gasteiger partial charge in [0.2, 0.25) is 0 Å². The van der Waals surface area contributed by atoms with Crippen LogP contribution in [-0.4, -0.2) is 37.1 Å². The number of ether oxygens (including phenoxy) is 2. The summed E-state index contributed by atoms with van der Waals surface area (Å²) in [5.41, 5.74) is -2.75. The number of nitrogens with one attached hydrogen (secondary N) is 1. The van der Waals surface area contributed by atoms with E-state index in [0.29, 0.717) is 0 Å². The van der Waals surface area contributed by atoms with Gasteiger partial charge in [0.1, 0.15) is 29.3 Å². The lowest BCUT2D eigenvalue weighted by Gasteiger charge is -2.34. The first-order valence-electron chi connectivity index (χ1n) is 7.72. The van der Waals surface area contributed by atoms with Crippen molar-refractivity contribution < 1.29 is 32.2 Å². The molecule has 1 amide bonds. The molecule has 1 aliphatic heterocycles. The fourth-order valence-corrected chi connectivity index (χ4v) is 2.88. The number of carbonyl (C=O) groups is 2. The highest BCUT2D eigenvalue weighted by Gasteiger charge is 2.56.